The van der Waals surface area contributed by atoms with E-state index in [0.29, 0.717) is 0 Å². The lowest BCUT2D eigenvalue weighted by molar-refractivity contribution is 0.227. The molecule has 62 valence electrons. The maximum absolute atomic E-state index is 5.38. The van der Waals surface area contributed by atoms with Crippen LogP contribution in [0.3, 0.4) is 0 Å². The standard InChI is InChI=1S/C6H18O2Si2/c1-3-6(4-2)5-7-10-8-9/h6H,3-5,10H2,1-2,9H3. The van der Waals surface area contributed by atoms with Crippen LogP contribution in [0.4, 0.5) is 0 Å². The molecule has 4 heteroatoms. The molecule has 0 bridgehead atoms. The molecule has 0 atom stereocenters. The molecule has 0 aliphatic heterocycles. The molecule has 0 rings (SSSR count). The lowest BCUT2D eigenvalue weighted by atomic mass is 10.1. The van der Waals surface area contributed by atoms with Gasteiger partial charge in [0.15, 0.2) is 0 Å². The minimum atomic E-state index is -0.578. The Bertz CT molecular complexity index is 66.8. The average Bonchev–Trinajstić information content (AvgIpc) is 1.99. The summed E-state index contributed by atoms with van der Waals surface area (Å²) >= 11 is 0. The average molecular weight is 178 g/mol. The summed E-state index contributed by atoms with van der Waals surface area (Å²) in [5.74, 6) is 0.754. The predicted octanol–water partition coefficient (Wildman–Crippen LogP) is -0.265. The van der Waals surface area contributed by atoms with Gasteiger partial charge in [-0.1, -0.05) is 26.7 Å². The fourth-order valence-corrected chi connectivity index (χ4v) is 1.92. The van der Waals surface area contributed by atoms with Crippen LogP contribution in [0.2, 0.25) is 0 Å². The largest absolute Gasteiger partial charge is 0.449 e. The molecular formula is C6H18O2Si2. The quantitative estimate of drug-likeness (QED) is 0.412. The van der Waals surface area contributed by atoms with Gasteiger partial charge in [0.25, 0.3) is 10.0 Å². The molecule has 10 heavy (non-hydrogen) atoms. The van der Waals surface area contributed by atoms with Crippen molar-refractivity contribution in [1.82, 2.24) is 0 Å². The zero-order chi connectivity index (χ0) is 7.82. The van der Waals surface area contributed by atoms with Gasteiger partial charge in [-0.15, -0.1) is 0 Å². The molecule has 0 aromatic carbocycles. The van der Waals surface area contributed by atoms with E-state index in [1.54, 1.807) is 0 Å². The van der Waals surface area contributed by atoms with Crippen LogP contribution in [0.1, 0.15) is 26.7 Å². The van der Waals surface area contributed by atoms with Crippen molar-refractivity contribution in [3.63, 3.8) is 0 Å². The summed E-state index contributed by atoms with van der Waals surface area (Å²) in [5, 5.41) is 0. The second-order valence-corrected chi connectivity index (χ2v) is 5.41. The Morgan fingerprint density at radius 3 is 2.40 bits per heavy atom. The molecule has 0 aliphatic rings. The fourth-order valence-electron chi connectivity index (χ4n) is 0.822. The zero-order valence-electron chi connectivity index (χ0n) is 7.22. The molecular weight excluding hydrogens is 160 g/mol. The minimum Gasteiger partial charge on any atom is -0.449 e. The van der Waals surface area contributed by atoms with Crippen LogP contribution in [0.25, 0.3) is 0 Å². The molecule has 0 saturated carbocycles. The minimum absolute atomic E-state index is 0.578. The van der Waals surface area contributed by atoms with E-state index in [9.17, 15) is 0 Å². The Morgan fingerprint density at radius 2 is 2.00 bits per heavy atom. The first-order valence-corrected chi connectivity index (χ1v) is 5.88. The van der Waals surface area contributed by atoms with Crippen molar-refractivity contribution in [2.24, 2.45) is 5.92 Å². The van der Waals surface area contributed by atoms with Crippen molar-refractivity contribution >= 4 is 20.5 Å². The van der Waals surface area contributed by atoms with Gasteiger partial charge in [0.05, 0.1) is 0 Å². The monoisotopic (exact) mass is 178 g/mol. The Hall–Kier alpha value is 0.354. The van der Waals surface area contributed by atoms with E-state index in [-0.39, 0.29) is 0 Å². The summed E-state index contributed by atoms with van der Waals surface area (Å²) in [6.45, 7) is 5.34. The van der Waals surface area contributed by atoms with Gasteiger partial charge >= 0.3 is 0 Å². The Kier molecular flexibility index (Phi) is 7.72. The van der Waals surface area contributed by atoms with Crippen LogP contribution in [-0.2, 0) is 8.54 Å². The summed E-state index contributed by atoms with van der Waals surface area (Å²) in [7, 11) is 0.261. The van der Waals surface area contributed by atoms with E-state index in [2.05, 4.69) is 13.8 Å². The molecule has 0 aliphatic carbocycles. The van der Waals surface area contributed by atoms with Crippen molar-refractivity contribution in [2.45, 2.75) is 26.7 Å². The van der Waals surface area contributed by atoms with Crippen molar-refractivity contribution < 1.29 is 8.54 Å². The van der Waals surface area contributed by atoms with Gasteiger partial charge in [-0.2, -0.15) is 0 Å². The highest BCUT2D eigenvalue weighted by atomic mass is 28.3. The SMILES string of the molecule is CCC(CC)CO[SiH2]O[SiH3]. The molecule has 0 amide bonds. The summed E-state index contributed by atoms with van der Waals surface area (Å²) in [6, 6.07) is 0. The summed E-state index contributed by atoms with van der Waals surface area (Å²) in [4.78, 5) is 0. The molecule has 0 unspecified atom stereocenters. The maximum Gasteiger partial charge on any atom is 0.293 e. The van der Waals surface area contributed by atoms with Gasteiger partial charge in [-0.25, -0.2) is 0 Å². The van der Waals surface area contributed by atoms with E-state index in [1.807, 2.05) is 0 Å². The first kappa shape index (κ1) is 10.4. The smallest absolute Gasteiger partial charge is 0.293 e. The molecule has 0 fully saturated rings. The molecule has 0 aromatic rings. The third-order valence-corrected chi connectivity index (χ3v) is 3.05. The summed E-state index contributed by atoms with van der Waals surface area (Å²) < 4.78 is 10.4. The maximum atomic E-state index is 5.38. The number of hydrogen-bond acceptors (Lipinski definition) is 2. The van der Waals surface area contributed by atoms with Crippen LogP contribution < -0.4 is 0 Å². The van der Waals surface area contributed by atoms with Crippen molar-refractivity contribution in [3.05, 3.63) is 0 Å². The molecule has 0 N–H and O–H groups in total. The molecule has 0 radical (unpaired) electrons. The number of rotatable bonds is 6. The first-order valence-electron chi connectivity index (χ1n) is 3.91. The zero-order valence-corrected chi connectivity index (χ0v) is 10.6. The van der Waals surface area contributed by atoms with Crippen molar-refractivity contribution in [1.29, 1.82) is 0 Å². The molecule has 2 nitrogen and oxygen atoms in total. The van der Waals surface area contributed by atoms with Gasteiger partial charge in [-0.05, 0) is 5.92 Å². The van der Waals surface area contributed by atoms with Crippen molar-refractivity contribution in [2.75, 3.05) is 6.61 Å². The highest BCUT2D eigenvalue weighted by molar-refractivity contribution is 6.27. The van der Waals surface area contributed by atoms with Gasteiger partial charge in [0, 0.05) is 6.61 Å². The van der Waals surface area contributed by atoms with E-state index >= 15 is 0 Å². The lowest BCUT2D eigenvalue weighted by Crippen LogP contribution is -2.11. The van der Waals surface area contributed by atoms with Crippen LogP contribution >= 0.6 is 0 Å². The molecule has 0 heterocycles. The third-order valence-electron chi connectivity index (χ3n) is 1.71. The molecule has 0 spiro atoms. The van der Waals surface area contributed by atoms with E-state index in [0.717, 1.165) is 23.0 Å². The molecule has 0 aromatic heterocycles. The summed E-state index contributed by atoms with van der Waals surface area (Å²) in [5.41, 5.74) is 0. The Balaban J connectivity index is 3.09. The van der Waals surface area contributed by atoms with Crippen LogP contribution in [-0.4, -0.2) is 27.1 Å². The second-order valence-electron chi connectivity index (χ2n) is 2.46. The first-order chi connectivity index (χ1) is 4.85. The highest BCUT2D eigenvalue weighted by Crippen LogP contribution is 2.06. The molecule has 0 saturated heterocycles. The summed E-state index contributed by atoms with van der Waals surface area (Å²) in [6.07, 6.45) is 2.46. The Labute approximate surface area is 68.9 Å². The normalized spacial score (nSPS) is 12.3. The van der Waals surface area contributed by atoms with Gasteiger partial charge in [-0.3, -0.25) is 0 Å². The third kappa shape index (κ3) is 5.16. The van der Waals surface area contributed by atoms with Crippen LogP contribution in [0.5, 0.6) is 0 Å². The predicted molar refractivity (Wildman–Crippen MR) is 49.6 cm³/mol. The van der Waals surface area contributed by atoms with Crippen molar-refractivity contribution in [3.8, 4) is 0 Å². The fraction of sp³-hybridized carbons (Fsp3) is 1.00. The van der Waals surface area contributed by atoms with E-state index in [1.165, 1.54) is 12.8 Å². The lowest BCUT2D eigenvalue weighted by Gasteiger charge is -2.11. The van der Waals surface area contributed by atoms with Gasteiger partial charge < -0.3 is 8.54 Å². The second kappa shape index (κ2) is 7.46. The highest BCUT2D eigenvalue weighted by Gasteiger charge is 2.01. The van der Waals surface area contributed by atoms with Gasteiger partial charge in [0.1, 0.15) is 10.5 Å². The van der Waals surface area contributed by atoms with Gasteiger partial charge in [0.2, 0.25) is 0 Å². The number of hydrogen-bond donors (Lipinski definition) is 0. The Morgan fingerprint density at radius 1 is 1.40 bits per heavy atom. The van der Waals surface area contributed by atoms with E-state index in [4.69, 9.17) is 8.54 Å². The van der Waals surface area contributed by atoms with Crippen LogP contribution in [0, 0.1) is 5.92 Å². The van der Waals surface area contributed by atoms with E-state index < -0.39 is 10.0 Å². The van der Waals surface area contributed by atoms with Crippen LogP contribution in [0.15, 0.2) is 0 Å². The topological polar surface area (TPSA) is 18.5 Å².